The summed E-state index contributed by atoms with van der Waals surface area (Å²) in [7, 11) is 1.55. The lowest BCUT2D eigenvalue weighted by Gasteiger charge is -2.16. The number of nitrogens with zero attached hydrogens (tertiary/aromatic N) is 3. The van der Waals surface area contributed by atoms with Gasteiger partial charge in [-0.05, 0) is 80.9 Å². The Labute approximate surface area is 280 Å². The highest BCUT2D eigenvalue weighted by Crippen LogP contribution is 2.38. The van der Waals surface area contributed by atoms with Gasteiger partial charge < -0.3 is 29.2 Å². The molecule has 0 radical (unpaired) electrons. The number of likely N-dealkylation sites (tertiary alicyclic amines) is 1. The van der Waals surface area contributed by atoms with Crippen LogP contribution in [0.4, 0.5) is 14.5 Å². The van der Waals surface area contributed by atoms with E-state index in [2.05, 4.69) is 15.2 Å². The second kappa shape index (κ2) is 13.9. The lowest BCUT2D eigenvalue weighted by atomic mass is 10.1. The van der Waals surface area contributed by atoms with Crippen LogP contribution < -0.4 is 29.8 Å². The Morgan fingerprint density at radius 1 is 0.980 bits per heavy atom. The summed E-state index contributed by atoms with van der Waals surface area (Å²) in [6, 6.07) is 14.5. The monoisotopic (exact) mass is 668 g/mol. The molecule has 7 rings (SSSR count). The third-order valence-corrected chi connectivity index (χ3v) is 8.66. The van der Waals surface area contributed by atoms with Crippen LogP contribution in [0.25, 0.3) is 16.6 Å². The molecule has 49 heavy (non-hydrogen) atoms. The second-order valence-corrected chi connectivity index (χ2v) is 11.9. The number of hydrogen-bond acceptors (Lipinski definition) is 8. The van der Waals surface area contributed by atoms with E-state index in [1.165, 1.54) is 53.8 Å². The highest BCUT2D eigenvalue weighted by Gasteiger charge is 2.27. The van der Waals surface area contributed by atoms with Crippen molar-refractivity contribution in [1.29, 1.82) is 0 Å². The normalized spacial score (nSPS) is 14.0. The highest BCUT2D eigenvalue weighted by molar-refractivity contribution is 6.06. The maximum Gasteiger partial charge on any atom is 0.271 e. The quantitative estimate of drug-likeness (QED) is 0.159. The summed E-state index contributed by atoms with van der Waals surface area (Å²) in [4.78, 5) is 33.8. The highest BCUT2D eigenvalue weighted by atomic mass is 19.1. The van der Waals surface area contributed by atoms with E-state index in [0.29, 0.717) is 59.0 Å². The van der Waals surface area contributed by atoms with E-state index in [1.807, 2.05) is 0 Å². The lowest BCUT2D eigenvalue weighted by Crippen LogP contribution is -2.29. The van der Waals surface area contributed by atoms with Crippen LogP contribution in [-0.4, -0.2) is 60.3 Å². The van der Waals surface area contributed by atoms with Crippen molar-refractivity contribution in [2.45, 2.75) is 25.7 Å². The van der Waals surface area contributed by atoms with Gasteiger partial charge in [0.2, 0.25) is 0 Å². The van der Waals surface area contributed by atoms with E-state index in [4.69, 9.17) is 18.9 Å². The molecule has 4 heterocycles. The van der Waals surface area contributed by atoms with Crippen LogP contribution in [-0.2, 0) is 6.42 Å². The molecule has 10 nitrogen and oxygen atoms in total. The summed E-state index contributed by atoms with van der Waals surface area (Å²) in [5.41, 5.74) is 0.849. The standard InChI is InChI=1S/C37H34F2N4O6/c1-46-32-20-27-29(21-33(32)47-17-4-16-42-14-2-3-15-42)40-13-11-30(27)49-31-10-7-25(19-28(31)39)41-36(44)34-35-23(12-18-48-35)22-43(37(34)45)26-8-5-24(38)6-9-26/h5-11,13,19-22H,2-4,12,14-18H2,1H3,(H,41,44). The number of fused-ring (bicyclic) bond motifs is 2. The number of carbonyl (C=O) groups excluding carboxylic acids is 1. The number of halogens is 2. The van der Waals surface area contributed by atoms with Gasteiger partial charge in [-0.3, -0.25) is 19.1 Å². The molecule has 2 aromatic heterocycles. The van der Waals surface area contributed by atoms with Gasteiger partial charge in [-0.25, -0.2) is 8.78 Å². The predicted octanol–water partition coefficient (Wildman–Crippen LogP) is 6.52. The molecule has 0 aliphatic carbocycles. The van der Waals surface area contributed by atoms with Crippen LogP contribution in [0.5, 0.6) is 28.7 Å². The van der Waals surface area contributed by atoms with Crippen LogP contribution in [0.2, 0.25) is 0 Å². The minimum atomic E-state index is -0.769. The average molecular weight is 669 g/mol. The number of nitrogens with one attached hydrogen (secondary N) is 1. The number of methoxy groups -OCH3 is 1. The molecule has 0 atom stereocenters. The Hall–Kier alpha value is -5.49. The van der Waals surface area contributed by atoms with Crippen LogP contribution in [0.15, 0.2) is 77.9 Å². The SMILES string of the molecule is COc1cc2c(Oc3ccc(NC(=O)c4c5c(cn(-c6ccc(F)cc6)c4=O)CCO5)cc3F)ccnc2cc1OCCCN1CCCC1. The van der Waals surface area contributed by atoms with E-state index in [0.717, 1.165) is 32.1 Å². The number of aromatic nitrogens is 2. The Morgan fingerprint density at radius 3 is 2.57 bits per heavy atom. The number of benzene rings is 3. The fourth-order valence-electron chi connectivity index (χ4n) is 6.19. The first-order valence-corrected chi connectivity index (χ1v) is 16.2. The van der Waals surface area contributed by atoms with Crippen LogP contribution in [0.1, 0.15) is 35.2 Å². The summed E-state index contributed by atoms with van der Waals surface area (Å²) in [5, 5.41) is 3.20. The fourth-order valence-corrected chi connectivity index (χ4v) is 6.19. The zero-order chi connectivity index (χ0) is 33.9. The van der Waals surface area contributed by atoms with Gasteiger partial charge in [-0.2, -0.15) is 0 Å². The summed E-state index contributed by atoms with van der Waals surface area (Å²) >= 11 is 0. The topological polar surface area (TPSA) is 104 Å². The van der Waals surface area contributed by atoms with Crippen molar-refractivity contribution in [3.05, 3.63) is 106 Å². The Morgan fingerprint density at radius 2 is 1.80 bits per heavy atom. The van der Waals surface area contributed by atoms with Crippen molar-refractivity contribution in [3.63, 3.8) is 0 Å². The van der Waals surface area contributed by atoms with Crippen molar-refractivity contribution in [2.75, 3.05) is 45.3 Å². The summed E-state index contributed by atoms with van der Waals surface area (Å²) in [6.07, 6.45) is 7.02. The first-order chi connectivity index (χ1) is 23.9. The van der Waals surface area contributed by atoms with Gasteiger partial charge in [-0.15, -0.1) is 0 Å². The molecule has 252 valence electrons. The summed E-state index contributed by atoms with van der Waals surface area (Å²) in [5.74, 6) is -0.474. The van der Waals surface area contributed by atoms with Gasteiger partial charge >= 0.3 is 0 Å². The molecule has 0 bridgehead atoms. The number of anilines is 1. The molecular formula is C37H34F2N4O6. The number of pyridine rings is 2. The molecule has 1 N–H and O–H groups in total. The van der Waals surface area contributed by atoms with E-state index in [1.54, 1.807) is 37.7 Å². The van der Waals surface area contributed by atoms with Gasteiger partial charge in [0.05, 0.1) is 25.8 Å². The van der Waals surface area contributed by atoms with E-state index >= 15 is 4.39 Å². The first-order valence-electron chi connectivity index (χ1n) is 16.2. The number of rotatable bonds is 11. The van der Waals surface area contributed by atoms with Crippen molar-refractivity contribution in [3.8, 4) is 34.4 Å². The number of hydrogen-bond donors (Lipinski definition) is 1. The molecule has 1 amide bonds. The molecule has 0 saturated carbocycles. The number of ether oxygens (including phenoxy) is 4. The summed E-state index contributed by atoms with van der Waals surface area (Å²) < 4.78 is 53.5. The van der Waals surface area contributed by atoms with E-state index in [9.17, 15) is 14.0 Å². The van der Waals surface area contributed by atoms with E-state index < -0.39 is 23.1 Å². The predicted molar refractivity (Wildman–Crippen MR) is 180 cm³/mol. The number of carbonyl (C=O) groups is 1. The Kier molecular flexibility index (Phi) is 9.12. The molecule has 3 aromatic carbocycles. The van der Waals surface area contributed by atoms with Crippen LogP contribution >= 0.6 is 0 Å². The molecule has 0 unspecified atom stereocenters. The van der Waals surface area contributed by atoms with Gasteiger partial charge in [0, 0.05) is 59.8 Å². The van der Waals surface area contributed by atoms with Gasteiger partial charge in [0.15, 0.2) is 23.1 Å². The van der Waals surface area contributed by atoms with Crippen LogP contribution in [0, 0.1) is 11.6 Å². The third-order valence-electron chi connectivity index (χ3n) is 8.66. The Bertz CT molecular complexity index is 2080. The molecule has 2 aliphatic heterocycles. The molecule has 1 fully saturated rings. The van der Waals surface area contributed by atoms with Crippen molar-refractivity contribution >= 4 is 22.5 Å². The summed E-state index contributed by atoms with van der Waals surface area (Å²) in [6.45, 7) is 4.09. The van der Waals surface area contributed by atoms with Crippen LogP contribution in [0.3, 0.4) is 0 Å². The fraction of sp³-hybridized carbons (Fsp3) is 0.270. The smallest absolute Gasteiger partial charge is 0.271 e. The Balaban J connectivity index is 1.08. The van der Waals surface area contributed by atoms with Gasteiger partial charge in [-0.1, -0.05) is 0 Å². The second-order valence-electron chi connectivity index (χ2n) is 11.9. The van der Waals surface area contributed by atoms with Crippen molar-refractivity contribution in [1.82, 2.24) is 14.5 Å². The minimum Gasteiger partial charge on any atom is -0.493 e. The number of amides is 1. The molecule has 2 aliphatic rings. The lowest BCUT2D eigenvalue weighted by molar-refractivity contribution is 0.102. The maximum absolute atomic E-state index is 15.4. The first kappa shape index (κ1) is 32.1. The maximum atomic E-state index is 15.4. The largest absolute Gasteiger partial charge is 0.493 e. The van der Waals surface area contributed by atoms with Gasteiger partial charge in [0.25, 0.3) is 11.5 Å². The van der Waals surface area contributed by atoms with E-state index in [-0.39, 0.29) is 22.7 Å². The van der Waals surface area contributed by atoms with Crippen molar-refractivity contribution < 1.29 is 32.5 Å². The molecule has 1 saturated heterocycles. The molecule has 12 heteroatoms. The average Bonchev–Trinajstić information content (AvgIpc) is 3.80. The third kappa shape index (κ3) is 6.77. The zero-order valence-corrected chi connectivity index (χ0v) is 26.8. The molecular weight excluding hydrogens is 634 g/mol. The van der Waals surface area contributed by atoms with Gasteiger partial charge in [0.1, 0.15) is 22.9 Å². The molecule has 0 spiro atoms. The molecule has 5 aromatic rings. The minimum absolute atomic E-state index is 0.0886. The van der Waals surface area contributed by atoms with Crippen molar-refractivity contribution in [2.24, 2.45) is 0 Å². The zero-order valence-electron chi connectivity index (χ0n) is 26.8.